The number of hydrogen-bond donors (Lipinski definition) is 1. The molecule has 0 saturated carbocycles. The predicted octanol–water partition coefficient (Wildman–Crippen LogP) is 2.32. The topological polar surface area (TPSA) is 94.9 Å². The summed E-state index contributed by atoms with van der Waals surface area (Å²) in [6.07, 6.45) is 0. The quantitative estimate of drug-likeness (QED) is 0.519. The summed E-state index contributed by atoms with van der Waals surface area (Å²) in [7, 11) is 0. The number of nitrogen functional groups attached to an aromatic ring is 1. The molecule has 0 unspecified atom stereocenters. The largest absolute Gasteiger partial charge is 0.374 e. The number of nitro benzene ring substituents is 1. The van der Waals surface area contributed by atoms with Gasteiger partial charge in [-0.3, -0.25) is 10.1 Å². The van der Waals surface area contributed by atoms with Crippen molar-refractivity contribution in [3.63, 3.8) is 0 Å². The Morgan fingerprint density at radius 3 is 2.82 bits per heavy atom. The number of hydrogen-bond acceptors (Lipinski definition) is 7. The molecular formula is C9H8N4O2S2. The molecule has 0 amide bonds. The van der Waals surface area contributed by atoms with Gasteiger partial charge in [0.15, 0.2) is 0 Å². The van der Waals surface area contributed by atoms with Gasteiger partial charge in [0, 0.05) is 6.07 Å². The van der Waals surface area contributed by atoms with Crippen LogP contribution in [0.2, 0.25) is 0 Å². The van der Waals surface area contributed by atoms with Crippen LogP contribution in [0.4, 0.5) is 10.8 Å². The lowest BCUT2D eigenvalue weighted by Gasteiger charge is -1.99. The summed E-state index contributed by atoms with van der Waals surface area (Å²) in [6.45, 7) is 0. The van der Waals surface area contributed by atoms with E-state index >= 15 is 0 Å². The van der Waals surface area contributed by atoms with E-state index < -0.39 is 4.92 Å². The molecule has 1 heterocycles. The Morgan fingerprint density at radius 1 is 1.41 bits per heavy atom. The lowest BCUT2D eigenvalue weighted by molar-refractivity contribution is -0.387. The van der Waals surface area contributed by atoms with Gasteiger partial charge >= 0.3 is 0 Å². The van der Waals surface area contributed by atoms with E-state index in [2.05, 4.69) is 10.2 Å². The van der Waals surface area contributed by atoms with Gasteiger partial charge in [-0.2, -0.15) is 0 Å². The summed E-state index contributed by atoms with van der Waals surface area (Å²) >= 11 is 2.64. The molecule has 0 fully saturated rings. The fourth-order valence-corrected chi connectivity index (χ4v) is 2.81. The van der Waals surface area contributed by atoms with Gasteiger partial charge in [-0.1, -0.05) is 23.5 Å². The molecule has 0 bridgehead atoms. The molecular weight excluding hydrogens is 260 g/mol. The highest BCUT2D eigenvalue weighted by atomic mass is 32.2. The molecule has 2 N–H and O–H groups in total. The maximum atomic E-state index is 10.8. The summed E-state index contributed by atoms with van der Waals surface area (Å²) in [5, 5.41) is 19.5. The first-order valence-electron chi connectivity index (χ1n) is 4.61. The highest BCUT2D eigenvalue weighted by Gasteiger charge is 2.13. The smallest absolute Gasteiger partial charge is 0.282 e. The van der Waals surface area contributed by atoms with Crippen molar-refractivity contribution in [2.24, 2.45) is 0 Å². The lowest BCUT2D eigenvalue weighted by atomic mass is 10.3. The number of para-hydroxylation sites is 1. The number of benzene rings is 1. The Bertz CT molecular complexity index is 543. The van der Waals surface area contributed by atoms with E-state index in [9.17, 15) is 10.1 Å². The van der Waals surface area contributed by atoms with E-state index in [1.165, 1.54) is 29.2 Å². The second kappa shape index (κ2) is 5.11. The molecule has 0 radical (unpaired) electrons. The molecule has 0 aliphatic carbocycles. The van der Waals surface area contributed by atoms with Crippen molar-refractivity contribution in [1.29, 1.82) is 0 Å². The molecule has 0 aliphatic rings. The fraction of sp³-hybridized carbons (Fsp3) is 0.111. The predicted molar refractivity (Wildman–Crippen MR) is 67.0 cm³/mol. The van der Waals surface area contributed by atoms with Crippen LogP contribution in [0.25, 0.3) is 0 Å². The number of thioether (sulfide) groups is 1. The average Bonchev–Trinajstić information content (AvgIpc) is 2.73. The van der Waals surface area contributed by atoms with Crippen LogP contribution < -0.4 is 5.73 Å². The molecule has 17 heavy (non-hydrogen) atoms. The van der Waals surface area contributed by atoms with E-state index in [0.29, 0.717) is 15.8 Å². The van der Waals surface area contributed by atoms with Crippen molar-refractivity contribution in [3.8, 4) is 0 Å². The van der Waals surface area contributed by atoms with Crippen LogP contribution in [0.3, 0.4) is 0 Å². The minimum Gasteiger partial charge on any atom is -0.374 e. The van der Waals surface area contributed by atoms with Crippen molar-refractivity contribution in [2.75, 3.05) is 5.73 Å². The summed E-state index contributed by atoms with van der Waals surface area (Å²) < 4.78 is 0. The van der Waals surface area contributed by atoms with E-state index in [4.69, 9.17) is 5.73 Å². The summed E-state index contributed by atoms with van der Waals surface area (Å²) in [6, 6.07) is 6.61. The van der Waals surface area contributed by atoms with Crippen molar-refractivity contribution < 1.29 is 4.92 Å². The SMILES string of the molecule is Nc1nnc(CSc2ccccc2[N+](=O)[O-])s1. The first kappa shape index (κ1) is 11.8. The zero-order chi connectivity index (χ0) is 12.3. The van der Waals surface area contributed by atoms with E-state index in [0.717, 1.165) is 5.01 Å². The van der Waals surface area contributed by atoms with Crippen LogP contribution in [-0.4, -0.2) is 15.1 Å². The van der Waals surface area contributed by atoms with Gasteiger partial charge in [-0.25, -0.2) is 0 Å². The number of nitrogens with two attached hydrogens (primary N) is 1. The molecule has 88 valence electrons. The maximum absolute atomic E-state index is 10.8. The van der Waals surface area contributed by atoms with Crippen molar-refractivity contribution in [1.82, 2.24) is 10.2 Å². The Hall–Kier alpha value is -1.67. The first-order valence-corrected chi connectivity index (χ1v) is 6.41. The Morgan fingerprint density at radius 2 is 2.18 bits per heavy atom. The minimum atomic E-state index is -0.392. The van der Waals surface area contributed by atoms with Gasteiger partial charge in [-0.15, -0.1) is 22.0 Å². The minimum absolute atomic E-state index is 0.106. The van der Waals surface area contributed by atoms with Gasteiger partial charge in [0.2, 0.25) is 5.13 Å². The van der Waals surface area contributed by atoms with Crippen LogP contribution in [0, 0.1) is 10.1 Å². The highest BCUT2D eigenvalue weighted by molar-refractivity contribution is 7.98. The average molecular weight is 268 g/mol. The molecule has 6 nitrogen and oxygen atoms in total. The van der Waals surface area contributed by atoms with Gasteiger partial charge in [0.25, 0.3) is 5.69 Å². The Kier molecular flexibility index (Phi) is 3.55. The first-order chi connectivity index (χ1) is 8.16. The number of aromatic nitrogens is 2. The monoisotopic (exact) mass is 268 g/mol. The van der Waals surface area contributed by atoms with Crippen molar-refractivity contribution in [2.45, 2.75) is 10.6 Å². The third-order valence-electron chi connectivity index (χ3n) is 1.90. The lowest BCUT2D eigenvalue weighted by Crippen LogP contribution is -1.90. The van der Waals surface area contributed by atoms with Gasteiger partial charge in [0.05, 0.1) is 15.6 Å². The van der Waals surface area contributed by atoms with Gasteiger partial charge in [-0.05, 0) is 6.07 Å². The standard InChI is InChI=1S/C9H8N4O2S2/c10-9-12-11-8(17-9)5-16-7-4-2-1-3-6(7)13(14)15/h1-4H,5H2,(H2,10,12). The number of anilines is 1. The third kappa shape index (κ3) is 2.92. The molecule has 0 aliphatic heterocycles. The fourth-order valence-electron chi connectivity index (χ4n) is 1.19. The molecule has 1 aromatic heterocycles. The highest BCUT2D eigenvalue weighted by Crippen LogP contribution is 2.31. The van der Waals surface area contributed by atoms with Gasteiger partial charge in [0.1, 0.15) is 5.01 Å². The molecule has 0 spiro atoms. The molecule has 0 saturated heterocycles. The van der Waals surface area contributed by atoms with E-state index in [1.807, 2.05) is 0 Å². The molecule has 1 aromatic carbocycles. The third-order valence-corrected chi connectivity index (χ3v) is 3.90. The second-order valence-corrected chi connectivity index (χ2v) is 5.16. The normalized spacial score (nSPS) is 10.4. The molecule has 8 heteroatoms. The van der Waals surface area contributed by atoms with Crippen molar-refractivity contribution >= 4 is 33.9 Å². The second-order valence-electron chi connectivity index (χ2n) is 3.05. The molecule has 2 aromatic rings. The Balaban J connectivity index is 2.11. The number of rotatable bonds is 4. The van der Waals surface area contributed by atoms with Crippen molar-refractivity contribution in [3.05, 3.63) is 39.4 Å². The maximum Gasteiger partial charge on any atom is 0.282 e. The number of nitro groups is 1. The van der Waals surface area contributed by atoms with Gasteiger partial charge < -0.3 is 5.73 Å². The zero-order valence-electron chi connectivity index (χ0n) is 8.57. The van der Waals surface area contributed by atoms with E-state index in [1.54, 1.807) is 18.2 Å². The van der Waals surface area contributed by atoms with E-state index in [-0.39, 0.29) is 5.69 Å². The molecule has 2 rings (SSSR count). The van der Waals surface area contributed by atoms with Crippen LogP contribution >= 0.6 is 23.1 Å². The summed E-state index contributed by atoms with van der Waals surface area (Å²) in [5.74, 6) is 0.528. The molecule has 0 atom stereocenters. The number of nitrogens with zero attached hydrogens (tertiary/aromatic N) is 3. The summed E-state index contributed by atoms with van der Waals surface area (Å²) in [5.41, 5.74) is 5.56. The van der Waals surface area contributed by atoms with Crippen LogP contribution in [0.1, 0.15) is 5.01 Å². The van der Waals surface area contributed by atoms with Crippen LogP contribution in [0.15, 0.2) is 29.2 Å². The summed E-state index contributed by atoms with van der Waals surface area (Å²) in [4.78, 5) is 11.0. The zero-order valence-corrected chi connectivity index (χ0v) is 10.2. The van der Waals surface area contributed by atoms with Crippen LogP contribution in [-0.2, 0) is 5.75 Å². The Labute approximate surface area is 105 Å². The van der Waals surface area contributed by atoms with Crippen LogP contribution in [0.5, 0.6) is 0 Å².